The maximum Gasteiger partial charge on any atom is 0.469 e. The molecule has 0 aliphatic carbocycles. The highest BCUT2D eigenvalue weighted by Crippen LogP contribution is 2.35. The number of rotatable bonds is 32. The Hall–Kier alpha value is -1.73. The molecule has 0 unspecified atom stereocenters. The SMILES string of the molecule is CCCCC/C=C/CCCCCCCC(=O)O[C@H](COC(=O)/C=C/C=C/CCCCCCCCCCCCC)COP(=O)(O)O. The Morgan fingerprint density at radius 3 is 1.64 bits per heavy atom. The number of esters is 2. The fraction of sp³-hybridized carbons (Fsp3) is 0.778. The molecule has 0 amide bonds. The monoisotopic (exact) mass is 656 g/mol. The van der Waals surface area contributed by atoms with Crippen molar-refractivity contribution in [1.82, 2.24) is 0 Å². The van der Waals surface area contributed by atoms with Gasteiger partial charge in [-0.3, -0.25) is 9.32 Å². The van der Waals surface area contributed by atoms with E-state index in [2.05, 4.69) is 30.5 Å². The van der Waals surface area contributed by atoms with Gasteiger partial charge in [-0.25, -0.2) is 9.36 Å². The average molecular weight is 657 g/mol. The van der Waals surface area contributed by atoms with Gasteiger partial charge in [-0.1, -0.05) is 141 Å². The molecule has 0 saturated carbocycles. The van der Waals surface area contributed by atoms with Crippen LogP contribution in [0.5, 0.6) is 0 Å². The van der Waals surface area contributed by atoms with E-state index < -0.39 is 32.5 Å². The zero-order valence-electron chi connectivity index (χ0n) is 28.5. The van der Waals surface area contributed by atoms with Gasteiger partial charge >= 0.3 is 19.8 Å². The minimum atomic E-state index is -4.77. The third-order valence-electron chi connectivity index (χ3n) is 7.48. The molecular weight excluding hydrogens is 591 g/mol. The first-order valence-corrected chi connectivity index (χ1v) is 19.4. The van der Waals surface area contributed by atoms with Gasteiger partial charge in [0.15, 0.2) is 6.10 Å². The molecule has 45 heavy (non-hydrogen) atoms. The van der Waals surface area contributed by atoms with Gasteiger partial charge in [-0.15, -0.1) is 0 Å². The predicted molar refractivity (Wildman–Crippen MR) is 184 cm³/mol. The maximum absolute atomic E-state index is 12.3. The molecule has 0 saturated heterocycles. The van der Waals surface area contributed by atoms with Crippen molar-refractivity contribution in [3.8, 4) is 0 Å². The minimum absolute atomic E-state index is 0.182. The number of unbranched alkanes of at least 4 members (excludes halogenated alkanes) is 19. The number of phosphoric acid groups is 1. The van der Waals surface area contributed by atoms with Gasteiger partial charge in [0.2, 0.25) is 0 Å². The average Bonchev–Trinajstić information content (AvgIpc) is 3.00. The smallest absolute Gasteiger partial charge is 0.458 e. The van der Waals surface area contributed by atoms with Gasteiger partial charge in [0.25, 0.3) is 0 Å². The number of carbonyl (C=O) groups is 2. The summed E-state index contributed by atoms with van der Waals surface area (Å²) in [6, 6.07) is 0. The fourth-order valence-corrected chi connectivity index (χ4v) is 5.17. The number of allylic oxidation sites excluding steroid dienone is 5. The van der Waals surface area contributed by atoms with Crippen LogP contribution in [0.1, 0.15) is 162 Å². The van der Waals surface area contributed by atoms with E-state index in [1.807, 2.05) is 6.08 Å². The van der Waals surface area contributed by atoms with Gasteiger partial charge in [-0.05, 0) is 44.9 Å². The van der Waals surface area contributed by atoms with E-state index in [0.29, 0.717) is 6.42 Å². The summed E-state index contributed by atoms with van der Waals surface area (Å²) in [5, 5.41) is 0. The predicted octanol–water partition coefficient (Wildman–Crippen LogP) is 10.2. The normalized spacial score (nSPS) is 12.9. The first kappa shape index (κ1) is 43.3. The molecule has 0 aromatic heterocycles. The van der Waals surface area contributed by atoms with E-state index in [0.717, 1.165) is 51.4 Å². The highest BCUT2D eigenvalue weighted by Gasteiger charge is 2.22. The second-order valence-electron chi connectivity index (χ2n) is 11.9. The van der Waals surface area contributed by atoms with Crippen molar-refractivity contribution in [3.05, 3.63) is 36.5 Å². The number of carbonyl (C=O) groups excluding carboxylic acids is 2. The van der Waals surface area contributed by atoms with Crippen LogP contribution in [0.25, 0.3) is 0 Å². The van der Waals surface area contributed by atoms with E-state index in [1.165, 1.54) is 89.5 Å². The zero-order valence-corrected chi connectivity index (χ0v) is 29.4. The number of hydrogen-bond donors (Lipinski definition) is 2. The Bertz CT molecular complexity index is 833. The fourth-order valence-electron chi connectivity index (χ4n) is 4.81. The summed E-state index contributed by atoms with van der Waals surface area (Å²) in [4.78, 5) is 42.4. The van der Waals surface area contributed by atoms with Crippen molar-refractivity contribution < 1.29 is 37.9 Å². The Morgan fingerprint density at radius 1 is 0.622 bits per heavy atom. The van der Waals surface area contributed by atoms with Gasteiger partial charge in [-0.2, -0.15) is 0 Å². The van der Waals surface area contributed by atoms with Crippen molar-refractivity contribution in [1.29, 1.82) is 0 Å². The van der Waals surface area contributed by atoms with Crippen molar-refractivity contribution in [2.75, 3.05) is 13.2 Å². The van der Waals surface area contributed by atoms with E-state index in [4.69, 9.17) is 19.3 Å². The van der Waals surface area contributed by atoms with Crippen molar-refractivity contribution in [3.63, 3.8) is 0 Å². The lowest BCUT2D eigenvalue weighted by Gasteiger charge is -2.18. The molecule has 0 aliphatic rings. The number of ether oxygens (including phenoxy) is 2. The van der Waals surface area contributed by atoms with E-state index in [1.54, 1.807) is 12.2 Å². The van der Waals surface area contributed by atoms with Gasteiger partial charge < -0.3 is 19.3 Å². The van der Waals surface area contributed by atoms with Crippen molar-refractivity contribution in [2.24, 2.45) is 0 Å². The molecule has 0 fully saturated rings. The van der Waals surface area contributed by atoms with Crippen molar-refractivity contribution >= 4 is 19.8 Å². The van der Waals surface area contributed by atoms with E-state index >= 15 is 0 Å². The molecule has 0 heterocycles. The number of hydrogen-bond acceptors (Lipinski definition) is 6. The largest absolute Gasteiger partial charge is 0.469 e. The van der Waals surface area contributed by atoms with Crippen LogP contribution >= 0.6 is 7.82 Å². The molecule has 2 N–H and O–H groups in total. The van der Waals surface area contributed by atoms with E-state index in [-0.39, 0.29) is 13.0 Å². The summed E-state index contributed by atoms with van der Waals surface area (Å²) < 4.78 is 26.0. The molecule has 0 aromatic rings. The zero-order chi connectivity index (χ0) is 33.3. The minimum Gasteiger partial charge on any atom is -0.458 e. The van der Waals surface area contributed by atoms with Crippen LogP contribution in [0.3, 0.4) is 0 Å². The highest BCUT2D eigenvalue weighted by molar-refractivity contribution is 7.46. The lowest BCUT2D eigenvalue weighted by Crippen LogP contribution is -2.29. The Kier molecular flexibility index (Phi) is 31.0. The lowest BCUT2D eigenvalue weighted by atomic mass is 10.1. The summed E-state index contributed by atoms with van der Waals surface area (Å²) in [7, 11) is -4.77. The van der Waals surface area contributed by atoms with Crippen LogP contribution in [0.4, 0.5) is 0 Å². The molecule has 0 rings (SSSR count). The quantitative estimate of drug-likeness (QED) is 0.0183. The second kappa shape index (κ2) is 32.2. The lowest BCUT2D eigenvalue weighted by molar-refractivity contribution is -0.159. The molecule has 0 bridgehead atoms. The van der Waals surface area contributed by atoms with Gasteiger partial charge in [0.05, 0.1) is 6.61 Å². The van der Waals surface area contributed by atoms with Crippen LogP contribution in [0.2, 0.25) is 0 Å². The highest BCUT2D eigenvalue weighted by atomic mass is 31.2. The molecule has 0 aliphatic heterocycles. The molecular formula is C36H65O8P. The van der Waals surface area contributed by atoms with Crippen LogP contribution in [-0.4, -0.2) is 41.0 Å². The van der Waals surface area contributed by atoms with Gasteiger partial charge in [0.1, 0.15) is 6.61 Å². The molecule has 0 aromatic carbocycles. The second-order valence-corrected chi connectivity index (χ2v) is 13.2. The third kappa shape index (κ3) is 35.0. The first-order chi connectivity index (χ1) is 21.8. The van der Waals surface area contributed by atoms with Crippen LogP contribution in [0, 0.1) is 0 Å². The molecule has 9 heteroatoms. The van der Waals surface area contributed by atoms with Gasteiger partial charge in [0, 0.05) is 12.5 Å². The Morgan fingerprint density at radius 2 is 1.09 bits per heavy atom. The molecule has 8 nitrogen and oxygen atoms in total. The van der Waals surface area contributed by atoms with E-state index in [9.17, 15) is 14.2 Å². The van der Waals surface area contributed by atoms with Crippen LogP contribution < -0.4 is 0 Å². The standard InChI is InChI=1S/C36H65O8P/c1-3-5-7-9-11-13-15-17-18-19-21-22-24-26-28-30-35(37)42-32-34(33-43-45(39,40)41)44-36(38)31-29-27-25-23-20-16-14-12-10-8-6-4-2/h12,14,24,26,28,30,34H,3-11,13,15-23,25,27,29,31-33H2,1-2H3,(H2,39,40,41)/b14-12+,26-24+,30-28+/t34-/m1/s1. The summed E-state index contributed by atoms with van der Waals surface area (Å²) in [5.41, 5.74) is 0. The molecule has 1 atom stereocenters. The first-order valence-electron chi connectivity index (χ1n) is 17.8. The topological polar surface area (TPSA) is 119 Å². The number of phosphoric ester groups is 1. The summed E-state index contributed by atoms with van der Waals surface area (Å²) in [6.07, 6.45) is 36.4. The molecule has 262 valence electrons. The summed E-state index contributed by atoms with van der Waals surface area (Å²) in [6.45, 7) is 3.52. The van der Waals surface area contributed by atoms with Crippen molar-refractivity contribution in [2.45, 2.75) is 168 Å². The third-order valence-corrected chi connectivity index (χ3v) is 7.97. The van der Waals surface area contributed by atoms with Crippen LogP contribution in [0.15, 0.2) is 36.5 Å². The summed E-state index contributed by atoms with van der Waals surface area (Å²) in [5.74, 6) is -1.15. The Balaban J connectivity index is 4.11. The molecule has 0 radical (unpaired) electrons. The molecule has 0 spiro atoms. The summed E-state index contributed by atoms with van der Waals surface area (Å²) >= 11 is 0. The van der Waals surface area contributed by atoms with Crippen LogP contribution in [-0.2, 0) is 28.2 Å². The maximum atomic E-state index is 12.3. The Labute approximate surface area is 274 Å².